The van der Waals surface area contributed by atoms with E-state index in [2.05, 4.69) is 33.0 Å². The van der Waals surface area contributed by atoms with Crippen molar-refractivity contribution in [3.8, 4) is 0 Å². The molecule has 1 aliphatic carbocycles. The summed E-state index contributed by atoms with van der Waals surface area (Å²) in [6.07, 6.45) is 5.42. The Labute approximate surface area is 110 Å². The molecule has 1 saturated carbocycles. The summed E-state index contributed by atoms with van der Waals surface area (Å²) in [5.41, 5.74) is 0.299. The molecule has 2 atom stereocenters. The Kier molecular flexibility index (Phi) is 4.06. The summed E-state index contributed by atoms with van der Waals surface area (Å²) in [5, 5.41) is 4.79. The summed E-state index contributed by atoms with van der Waals surface area (Å²) in [6, 6.07) is 1.08. The van der Waals surface area contributed by atoms with E-state index in [1.165, 1.54) is 36.6 Å². The minimum atomic E-state index is 0.299. The van der Waals surface area contributed by atoms with E-state index in [1.807, 2.05) is 11.8 Å². The maximum Gasteiger partial charge on any atom is 0.157 e. The van der Waals surface area contributed by atoms with Crippen LogP contribution in [-0.2, 0) is 0 Å². The predicted molar refractivity (Wildman–Crippen MR) is 77.7 cm³/mol. The molecular formula is C14H26N2S. The molecule has 0 aromatic carbocycles. The molecule has 0 aromatic rings. The molecule has 1 aliphatic heterocycles. The standard InChI is InChI=1S/C14H26N2S/c1-10(9-11-5-6-11)15-13-16-12(7-8-17-13)14(2,3)4/h10-12H,5-9H2,1-4H3,(H,15,16). The highest BCUT2D eigenvalue weighted by Crippen LogP contribution is 2.34. The molecule has 2 rings (SSSR count). The van der Waals surface area contributed by atoms with Crippen molar-refractivity contribution in [3.05, 3.63) is 0 Å². The van der Waals surface area contributed by atoms with Crippen LogP contribution in [0.15, 0.2) is 4.99 Å². The molecule has 0 spiro atoms. The van der Waals surface area contributed by atoms with Crippen molar-refractivity contribution < 1.29 is 0 Å². The molecule has 17 heavy (non-hydrogen) atoms. The lowest BCUT2D eigenvalue weighted by Crippen LogP contribution is -2.37. The third kappa shape index (κ3) is 4.20. The summed E-state index contributed by atoms with van der Waals surface area (Å²) in [7, 11) is 0. The van der Waals surface area contributed by atoms with Crippen LogP contribution in [-0.4, -0.2) is 23.0 Å². The highest BCUT2D eigenvalue weighted by Gasteiger charge is 2.28. The summed E-state index contributed by atoms with van der Waals surface area (Å²) < 4.78 is 0. The minimum absolute atomic E-state index is 0.299. The molecule has 2 unspecified atom stereocenters. The first-order valence-electron chi connectivity index (χ1n) is 6.92. The number of thioether (sulfide) groups is 1. The van der Waals surface area contributed by atoms with E-state index < -0.39 is 0 Å². The van der Waals surface area contributed by atoms with Gasteiger partial charge in [0.05, 0.1) is 6.04 Å². The molecule has 0 saturated heterocycles. The smallest absolute Gasteiger partial charge is 0.157 e. The Bertz CT molecular complexity index is 289. The van der Waals surface area contributed by atoms with Crippen molar-refractivity contribution in [2.75, 3.05) is 5.75 Å². The topological polar surface area (TPSA) is 24.4 Å². The van der Waals surface area contributed by atoms with Gasteiger partial charge in [0.2, 0.25) is 0 Å². The molecule has 1 N–H and O–H groups in total. The third-order valence-corrected chi connectivity index (χ3v) is 4.59. The normalized spacial score (nSPS) is 27.5. The van der Waals surface area contributed by atoms with E-state index in [9.17, 15) is 0 Å². The second-order valence-corrected chi connectivity index (χ2v) is 7.76. The second-order valence-electron chi connectivity index (χ2n) is 6.68. The molecule has 1 fully saturated rings. The highest BCUT2D eigenvalue weighted by molar-refractivity contribution is 8.13. The molecule has 1 heterocycles. The van der Waals surface area contributed by atoms with E-state index in [0.29, 0.717) is 17.5 Å². The van der Waals surface area contributed by atoms with Crippen molar-refractivity contribution in [2.24, 2.45) is 16.3 Å². The number of rotatable bonds is 3. The van der Waals surface area contributed by atoms with Crippen LogP contribution < -0.4 is 5.32 Å². The number of nitrogens with zero attached hydrogens (tertiary/aromatic N) is 1. The molecule has 0 amide bonds. The van der Waals surface area contributed by atoms with Crippen molar-refractivity contribution in [2.45, 2.75) is 65.5 Å². The zero-order chi connectivity index (χ0) is 12.5. The van der Waals surface area contributed by atoms with Gasteiger partial charge in [-0.15, -0.1) is 0 Å². The number of nitrogens with one attached hydrogen (secondary N) is 1. The largest absolute Gasteiger partial charge is 0.362 e. The number of hydrogen-bond donors (Lipinski definition) is 1. The molecule has 3 heteroatoms. The monoisotopic (exact) mass is 254 g/mol. The van der Waals surface area contributed by atoms with Crippen LogP contribution >= 0.6 is 11.8 Å². The van der Waals surface area contributed by atoms with Gasteiger partial charge < -0.3 is 5.32 Å². The van der Waals surface area contributed by atoms with Crippen LogP contribution in [0.5, 0.6) is 0 Å². The van der Waals surface area contributed by atoms with Gasteiger partial charge in [-0.1, -0.05) is 45.4 Å². The van der Waals surface area contributed by atoms with Gasteiger partial charge in [-0.05, 0) is 31.1 Å². The first-order chi connectivity index (χ1) is 7.95. The summed E-state index contributed by atoms with van der Waals surface area (Å²) in [5.74, 6) is 2.20. The summed E-state index contributed by atoms with van der Waals surface area (Å²) in [4.78, 5) is 4.89. The lowest BCUT2D eigenvalue weighted by molar-refractivity contribution is 0.315. The van der Waals surface area contributed by atoms with Crippen LogP contribution in [0, 0.1) is 11.3 Å². The molecule has 2 aliphatic rings. The molecule has 0 radical (unpaired) electrons. The van der Waals surface area contributed by atoms with Crippen LogP contribution in [0.2, 0.25) is 0 Å². The van der Waals surface area contributed by atoms with Gasteiger partial charge >= 0.3 is 0 Å². The number of amidine groups is 1. The van der Waals surface area contributed by atoms with Crippen LogP contribution in [0.1, 0.15) is 53.4 Å². The van der Waals surface area contributed by atoms with Crippen LogP contribution in [0.3, 0.4) is 0 Å². The van der Waals surface area contributed by atoms with Gasteiger partial charge in [0.1, 0.15) is 0 Å². The number of hydrogen-bond acceptors (Lipinski definition) is 3. The van der Waals surface area contributed by atoms with Gasteiger partial charge in [-0.2, -0.15) is 0 Å². The van der Waals surface area contributed by atoms with Gasteiger partial charge in [0, 0.05) is 11.8 Å². The lowest BCUT2D eigenvalue weighted by atomic mass is 9.85. The number of aliphatic imine (C=N–C) groups is 1. The maximum atomic E-state index is 4.89. The SMILES string of the molecule is CC(CC1CC1)NC1=NC(C(C)(C)C)CCS1. The summed E-state index contributed by atoms with van der Waals surface area (Å²) in [6.45, 7) is 9.18. The zero-order valence-electron chi connectivity index (χ0n) is 11.6. The van der Waals surface area contributed by atoms with E-state index in [-0.39, 0.29) is 0 Å². The van der Waals surface area contributed by atoms with E-state index in [0.717, 1.165) is 5.92 Å². The van der Waals surface area contributed by atoms with Gasteiger partial charge in [0.25, 0.3) is 0 Å². The zero-order valence-corrected chi connectivity index (χ0v) is 12.4. The molecule has 0 aromatic heterocycles. The fourth-order valence-corrected chi connectivity index (χ4v) is 3.36. The van der Waals surface area contributed by atoms with E-state index in [4.69, 9.17) is 4.99 Å². The Hall–Kier alpha value is -0.180. The Morgan fingerprint density at radius 3 is 2.65 bits per heavy atom. The fraction of sp³-hybridized carbons (Fsp3) is 0.929. The molecule has 0 bridgehead atoms. The highest BCUT2D eigenvalue weighted by atomic mass is 32.2. The van der Waals surface area contributed by atoms with Gasteiger partial charge in [0.15, 0.2) is 5.17 Å². The van der Waals surface area contributed by atoms with Crippen molar-refractivity contribution in [1.82, 2.24) is 5.32 Å². The van der Waals surface area contributed by atoms with Gasteiger partial charge in [-0.3, -0.25) is 4.99 Å². The summed E-state index contributed by atoms with van der Waals surface area (Å²) >= 11 is 1.90. The Balaban J connectivity index is 1.87. The van der Waals surface area contributed by atoms with Crippen LogP contribution in [0.4, 0.5) is 0 Å². The predicted octanol–water partition coefficient (Wildman–Crippen LogP) is 3.67. The molecular weight excluding hydrogens is 228 g/mol. The first-order valence-corrected chi connectivity index (χ1v) is 7.91. The van der Waals surface area contributed by atoms with Crippen LogP contribution in [0.25, 0.3) is 0 Å². The average Bonchev–Trinajstić information content (AvgIpc) is 3.00. The third-order valence-electron chi connectivity index (χ3n) is 3.66. The van der Waals surface area contributed by atoms with E-state index in [1.54, 1.807) is 0 Å². The van der Waals surface area contributed by atoms with Gasteiger partial charge in [-0.25, -0.2) is 0 Å². The molecule has 2 nitrogen and oxygen atoms in total. The maximum absolute atomic E-state index is 4.89. The van der Waals surface area contributed by atoms with Crippen molar-refractivity contribution in [3.63, 3.8) is 0 Å². The first kappa shape index (κ1) is 13.3. The molecule has 98 valence electrons. The second kappa shape index (κ2) is 5.21. The van der Waals surface area contributed by atoms with Crippen molar-refractivity contribution in [1.29, 1.82) is 0 Å². The minimum Gasteiger partial charge on any atom is -0.362 e. The quantitative estimate of drug-likeness (QED) is 0.831. The Morgan fingerprint density at radius 2 is 2.06 bits per heavy atom. The lowest BCUT2D eigenvalue weighted by Gasteiger charge is -2.31. The Morgan fingerprint density at radius 1 is 1.35 bits per heavy atom. The van der Waals surface area contributed by atoms with E-state index >= 15 is 0 Å². The fourth-order valence-electron chi connectivity index (χ4n) is 2.34. The van der Waals surface area contributed by atoms with Crippen molar-refractivity contribution >= 4 is 16.9 Å². The average molecular weight is 254 g/mol.